The first-order valence-corrected chi connectivity index (χ1v) is 10.6. The van der Waals surface area contributed by atoms with Crippen LogP contribution < -0.4 is 10.6 Å². The Morgan fingerprint density at radius 2 is 1.69 bits per heavy atom. The monoisotopic (exact) mass is 455 g/mol. The van der Waals surface area contributed by atoms with E-state index >= 15 is 0 Å². The summed E-state index contributed by atoms with van der Waals surface area (Å²) in [4.78, 5) is 0.232. The van der Waals surface area contributed by atoms with Gasteiger partial charge in [-0.05, 0) is 54.7 Å². The number of hydrogen-bond acceptors (Lipinski definition) is 4. The third-order valence-electron chi connectivity index (χ3n) is 3.80. The molecule has 1 aliphatic heterocycles. The number of anilines is 2. The van der Waals surface area contributed by atoms with Gasteiger partial charge in [0.25, 0.3) is 0 Å². The van der Waals surface area contributed by atoms with E-state index in [0.717, 1.165) is 10.2 Å². The van der Waals surface area contributed by atoms with Gasteiger partial charge in [0.1, 0.15) is 0 Å². The lowest BCUT2D eigenvalue weighted by Gasteiger charge is -2.26. The molecule has 0 saturated carbocycles. The van der Waals surface area contributed by atoms with Crippen LogP contribution in [0.15, 0.2) is 57.9 Å². The Hall–Kier alpha value is -1.52. The van der Waals surface area contributed by atoms with Crippen molar-refractivity contribution in [2.45, 2.75) is 4.90 Å². The summed E-state index contributed by atoms with van der Waals surface area (Å²) in [7, 11) is -3.54. The average molecular weight is 456 g/mol. The molecule has 2 aromatic rings. The second-order valence-electron chi connectivity index (χ2n) is 5.63. The maximum Gasteiger partial charge on any atom is 0.243 e. The molecular weight excluding hydrogens is 438 g/mol. The van der Waals surface area contributed by atoms with Crippen molar-refractivity contribution in [1.29, 1.82) is 0 Å². The standard InChI is InChI=1S/C17H18BrN3O3S2/c18-13-4-6-14(7-5-13)19-17(25)20-15-2-1-3-16(12-15)26(22,23)21-8-10-24-11-9-21/h1-7,12H,8-11H2,(H2,19,20,25). The van der Waals surface area contributed by atoms with Crippen LogP contribution in [0.5, 0.6) is 0 Å². The fourth-order valence-electron chi connectivity index (χ4n) is 2.50. The van der Waals surface area contributed by atoms with Crippen molar-refractivity contribution in [3.05, 3.63) is 53.0 Å². The van der Waals surface area contributed by atoms with E-state index in [2.05, 4.69) is 26.6 Å². The first-order valence-electron chi connectivity index (χ1n) is 7.97. The van der Waals surface area contributed by atoms with E-state index in [1.807, 2.05) is 24.3 Å². The molecule has 2 aromatic carbocycles. The number of halogens is 1. The minimum absolute atomic E-state index is 0.232. The largest absolute Gasteiger partial charge is 0.379 e. The Balaban J connectivity index is 1.70. The van der Waals surface area contributed by atoms with Crippen LogP contribution in [0.4, 0.5) is 11.4 Å². The van der Waals surface area contributed by atoms with Crippen LogP contribution in [-0.4, -0.2) is 44.1 Å². The molecule has 0 bridgehead atoms. The highest BCUT2D eigenvalue weighted by atomic mass is 79.9. The zero-order valence-electron chi connectivity index (χ0n) is 13.8. The molecule has 1 aliphatic rings. The predicted octanol–water partition coefficient (Wildman–Crippen LogP) is 3.28. The van der Waals surface area contributed by atoms with E-state index in [9.17, 15) is 8.42 Å². The number of hydrogen-bond donors (Lipinski definition) is 2. The highest BCUT2D eigenvalue weighted by Crippen LogP contribution is 2.21. The molecule has 0 amide bonds. The fraction of sp³-hybridized carbons (Fsp3) is 0.235. The summed E-state index contributed by atoms with van der Waals surface area (Å²) in [5, 5.41) is 6.47. The minimum atomic E-state index is -3.54. The van der Waals surface area contributed by atoms with Crippen LogP contribution >= 0.6 is 28.1 Å². The van der Waals surface area contributed by atoms with Gasteiger partial charge < -0.3 is 15.4 Å². The summed E-state index contributed by atoms with van der Waals surface area (Å²) >= 11 is 8.68. The smallest absolute Gasteiger partial charge is 0.243 e. The van der Waals surface area contributed by atoms with Crippen molar-refractivity contribution in [3.8, 4) is 0 Å². The SMILES string of the molecule is O=S(=O)(c1cccc(NC(=S)Nc2ccc(Br)cc2)c1)N1CCOCC1. The van der Waals surface area contributed by atoms with Gasteiger partial charge >= 0.3 is 0 Å². The summed E-state index contributed by atoms with van der Waals surface area (Å²) in [5.74, 6) is 0. The van der Waals surface area contributed by atoms with Crippen LogP contribution in [0.25, 0.3) is 0 Å². The molecule has 9 heteroatoms. The summed E-state index contributed by atoms with van der Waals surface area (Å²) in [6, 6.07) is 14.2. The van der Waals surface area contributed by atoms with Crippen LogP contribution in [-0.2, 0) is 14.8 Å². The van der Waals surface area contributed by atoms with Gasteiger partial charge in [0.2, 0.25) is 10.0 Å². The number of morpholine rings is 1. The average Bonchev–Trinajstić information content (AvgIpc) is 2.64. The van der Waals surface area contributed by atoms with Crippen LogP contribution in [0.3, 0.4) is 0 Å². The Labute approximate surface area is 166 Å². The van der Waals surface area contributed by atoms with Gasteiger partial charge in [0.05, 0.1) is 18.1 Å². The van der Waals surface area contributed by atoms with Gasteiger partial charge in [-0.25, -0.2) is 8.42 Å². The summed E-state index contributed by atoms with van der Waals surface area (Å²) in [6.07, 6.45) is 0. The molecule has 1 saturated heterocycles. The maximum absolute atomic E-state index is 12.7. The first kappa shape index (κ1) is 19.2. The van der Waals surface area contributed by atoms with Gasteiger partial charge in [-0.15, -0.1) is 0 Å². The van der Waals surface area contributed by atoms with E-state index in [4.69, 9.17) is 17.0 Å². The van der Waals surface area contributed by atoms with E-state index in [1.54, 1.807) is 24.3 Å². The first-order chi connectivity index (χ1) is 12.4. The number of rotatable bonds is 4. The highest BCUT2D eigenvalue weighted by molar-refractivity contribution is 9.10. The summed E-state index contributed by atoms with van der Waals surface area (Å²) < 4.78 is 33.1. The van der Waals surface area contributed by atoms with Crippen molar-refractivity contribution >= 4 is 54.7 Å². The topological polar surface area (TPSA) is 70.7 Å². The molecule has 1 fully saturated rings. The molecule has 0 aliphatic carbocycles. The van der Waals surface area contributed by atoms with Gasteiger partial charge in [0.15, 0.2) is 5.11 Å². The molecule has 26 heavy (non-hydrogen) atoms. The summed E-state index contributed by atoms with van der Waals surface area (Å²) in [5.41, 5.74) is 1.44. The normalized spacial score (nSPS) is 15.4. The van der Waals surface area contributed by atoms with Crippen LogP contribution in [0, 0.1) is 0 Å². The van der Waals surface area contributed by atoms with E-state index in [-0.39, 0.29) is 4.90 Å². The van der Waals surface area contributed by atoms with Crippen molar-refractivity contribution < 1.29 is 13.2 Å². The lowest BCUT2D eigenvalue weighted by atomic mass is 10.3. The summed E-state index contributed by atoms with van der Waals surface area (Å²) in [6.45, 7) is 1.56. The number of benzene rings is 2. The molecule has 0 aromatic heterocycles. The van der Waals surface area contributed by atoms with E-state index < -0.39 is 10.0 Å². The molecule has 1 heterocycles. The highest BCUT2D eigenvalue weighted by Gasteiger charge is 2.26. The molecule has 138 valence electrons. The zero-order chi connectivity index (χ0) is 18.6. The third-order valence-corrected chi connectivity index (χ3v) is 6.43. The number of sulfonamides is 1. The number of thiocarbonyl (C=S) groups is 1. The Bertz CT molecular complexity index is 882. The van der Waals surface area contributed by atoms with Crippen LogP contribution in [0.2, 0.25) is 0 Å². The fourth-order valence-corrected chi connectivity index (χ4v) is 4.45. The number of nitrogens with one attached hydrogen (secondary N) is 2. The number of nitrogens with zero attached hydrogens (tertiary/aromatic N) is 1. The van der Waals surface area contributed by atoms with Gasteiger partial charge in [-0.1, -0.05) is 22.0 Å². The molecule has 0 unspecified atom stereocenters. The molecule has 6 nitrogen and oxygen atoms in total. The minimum Gasteiger partial charge on any atom is -0.379 e. The van der Waals surface area contributed by atoms with Crippen molar-refractivity contribution in [2.75, 3.05) is 36.9 Å². The molecular formula is C17H18BrN3O3S2. The lowest BCUT2D eigenvalue weighted by molar-refractivity contribution is 0.0730. The molecule has 0 spiro atoms. The Morgan fingerprint density at radius 1 is 1.04 bits per heavy atom. The Morgan fingerprint density at radius 3 is 2.38 bits per heavy atom. The maximum atomic E-state index is 12.7. The van der Waals surface area contributed by atoms with Crippen molar-refractivity contribution in [1.82, 2.24) is 4.31 Å². The molecule has 0 atom stereocenters. The second-order valence-corrected chi connectivity index (χ2v) is 8.89. The Kier molecular flexibility index (Phi) is 6.25. The van der Waals surface area contributed by atoms with Crippen molar-refractivity contribution in [2.24, 2.45) is 0 Å². The van der Waals surface area contributed by atoms with Gasteiger partial charge in [0, 0.05) is 28.9 Å². The van der Waals surface area contributed by atoms with Gasteiger partial charge in [-0.2, -0.15) is 4.31 Å². The molecule has 2 N–H and O–H groups in total. The zero-order valence-corrected chi connectivity index (χ0v) is 17.0. The van der Waals surface area contributed by atoms with E-state index in [1.165, 1.54) is 4.31 Å². The van der Waals surface area contributed by atoms with Crippen molar-refractivity contribution in [3.63, 3.8) is 0 Å². The number of ether oxygens (including phenoxy) is 1. The van der Waals surface area contributed by atoms with Gasteiger partial charge in [-0.3, -0.25) is 0 Å². The van der Waals surface area contributed by atoms with E-state index in [0.29, 0.717) is 37.1 Å². The third kappa shape index (κ3) is 4.80. The lowest BCUT2D eigenvalue weighted by Crippen LogP contribution is -2.40. The predicted molar refractivity (Wildman–Crippen MR) is 110 cm³/mol. The molecule has 3 rings (SSSR count). The quantitative estimate of drug-likeness (QED) is 0.689. The second kappa shape index (κ2) is 8.45. The molecule has 0 radical (unpaired) electrons. The van der Waals surface area contributed by atoms with Crippen LogP contribution in [0.1, 0.15) is 0 Å².